The first kappa shape index (κ1) is 14.0. The van der Waals surface area contributed by atoms with Crippen LogP contribution in [0.25, 0.3) is 0 Å². The predicted molar refractivity (Wildman–Crippen MR) is 69.7 cm³/mol. The zero-order valence-corrected chi connectivity index (χ0v) is 11.5. The van der Waals surface area contributed by atoms with Gasteiger partial charge >= 0.3 is 0 Å². The molecule has 0 aromatic carbocycles. The fourth-order valence-corrected chi connectivity index (χ4v) is 2.53. The number of rotatable bonds is 4. The normalized spacial score (nSPS) is 22.5. The zero-order valence-electron chi connectivity index (χ0n) is 11.5. The van der Waals surface area contributed by atoms with Crippen molar-refractivity contribution in [3.05, 3.63) is 18.0 Å². The summed E-state index contributed by atoms with van der Waals surface area (Å²) in [5.41, 5.74) is 0.360. The molecule has 1 N–H and O–H groups in total. The van der Waals surface area contributed by atoms with Gasteiger partial charge in [-0.2, -0.15) is 0 Å². The van der Waals surface area contributed by atoms with Crippen molar-refractivity contribution >= 4 is 5.91 Å². The number of hydrogen-bond acceptors (Lipinski definition) is 5. The number of hydrogen-bond donors (Lipinski definition) is 1. The molecule has 2 rings (SSSR count). The maximum absolute atomic E-state index is 12.2. The molecule has 0 spiro atoms. The van der Waals surface area contributed by atoms with Crippen molar-refractivity contribution in [3.8, 4) is 0 Å². The summed E-state index contributed by atoms with van der Waals surface area (Å²) in [6, 6.07) is 1.88. The Labute approximate surface area is 113 Å². The number of piperazine rings is 1. The molecule has 1 amide bonds. The van der Waals surface area contributed by atoms with E-state index in [0.29, 0.717) is 31.4 Å². The number of nitrogens with zero attached hydrogens (tertiary/aromatic N) is 3. The molecule has 0 aliphatic carbocycles. The van der Waals surface area contributed by atoms with E-state index in [0.717, 1.165) is 13.0 Å². The van der Waals surface area contributed by atoms with E-state index in [1.807, 2.05) is 4.90 Å². The number of β-amino-alcohol motifs (C(OH)–C–C–N with tert-alkyl or cyclic N) is 1. The molecule has 2 heterocycles. The van der Waals surface area contributed by atoms with Crippen molar-refractivity contribution < 1.29 is 14.4 Å². The molecule has 6 nitrogen and oxygen atoms in total. The molecule has 0 radical (unpaired) electrons. The van der Waals surface area contributed by atoms with Gasteiger partial charge in [-0.15, -0.1) is 0 Å². The number of amides is 1. The van der Waals surface area contributed by atoms with Gasteiger partial charge in [0.25, 0.3) is 5.91 Å². The Morgan fingerprint density at radius 1 is 1.63 bits per heavy atom. The second-order valence-electron chi connectivity index (χ2n) is 5.04. The minimum absolute atomic E-state index is 0.0797. The Morgan fingerprint density at radius 3 is 3.00 bits per heavy atom. The third kappa shape index (κ3) is 3.33. The molecule has 1 fully saturated rings. The van der Waals surface area contributed by atoms with Crippen LogP contribution in [-0.4, -0.2) is 64.3 Å². The largest absolute Gasteiger partial charge is 0.392 e. The number of carbonyl (C=O) groups is 1. The topological polar surface area (TPSA) is 69.8 Å². The average molecular weight is 267 g/mol. The van der Waals surface area contributed by atoms with Crippen LogP contribution in [0.15, 0.2) is 16.9 Å². The highest BCUT2D eigenvalue weighted by Gasteiger charge is 2.30. The fraction of sp³-hybridized carbons (Fsp3) is 0.692. The van der Waals surface area contributed by atoms with Crippen LogP contribution >= 0.6 is 0 Å². The highest BCUT2D eigenvalue weighted by Crippen LogP contribution is 2.15. The van der Waals surface area contributed by atoms with Crippen LogP contribution in [0.5, 0.6) is 0 Å². The van der Waals surface area contributed by atoms with Gasteiger partial charge in [-0.1, -0.05) is 12.1 Å². The van der Waals surface area contributed by atoms with Gasteiger partial charge in [-0.05, 0) is 13.3 Å². The number of aliphatic hydroxyl groups excluding tert-OH is 1. The Balaban J connectivity index is 1.98. The van der Waals surface area contributed by atoms with Crippen LogP contribution in [0.3, 0.4) is 0 Å². The minimum atomic E-state index is -0.341. The summed E-state index contributed by atoms with van der Waals surface area (Å²) in [5.74, 6) is -0.0797. The fourth-order valence-electron chi connectivity index (χ4n) is 2.53. The standard InChI is InChI=1S/C13H21N3O3/c1-3-11-9-16(6-5-15(11)8-10(2)17)13(18)12-4-7-19-14-12/h4,7,10-11,17H,3,5-6,8-9H2,1-2H3/t10-,11-/m1/s1. The lowest BCUT2D eigenvalue weighted by Gasteiger charge is -2.41. The second kappa shape index (κ2) is 6.16. The maximum atomic E-state index is 12.2. The minimum Gasteiger partial charge on any atom is -0.392 e. The summed E-state index contributed by atoms with van der Waals surface area (Å²) in [4.78, 5) is 16.2. The van der Waals surface area contributed by atoms with E-state index < -0.39 is 0 Å². The van der Waals surface area contributed by atoms with Crippen LogP contribution in [0.4, 0.5) is 0 Å². The molecular weight excluding hydrogens is 246 g/mol. The molecule has 1 saturated heterocycles. The van der Waals surface area contributed by atoms with Crippen molar-refractivity contribution in [2.45, 2.75) is 32.4 Å². The molecule has 2 atom stereocenters. The Hall–Kier alpha value is -1.40. The molecule has 0 saturated carbocycles. The highest BCUT2D eigenvalue weighted by molar-refractivity contribution is 5.92. The number of aromatic nitrogens is 1. The molecule has 1 aliphatic heterocycles. The molecule has 1 aliphatic rings. The lowest BCUT2D eigenvalue weighted by Crippen LogP contribution is -2.55. The number of carbonyl (C=O) groups excluding carboxylic acids is 1. The molecule has 6 heteroatoms. The second-order valence-corrected chi connectivity index (χ2v) is 5.04. The van der Waals surface area contributed by atoms with Crippen molar-refractivity contribution in [1.29, 1.82) is 0 Å². The predicted octanol–water partition coefficient (Wildman–Crippen LogP) is 0.592. The summed E-state index contributed by atoms with van der Waals surface area (Å²) >= 11 is 0. The monoisotopic (exact) mass is 267 g/mol. The first-order valence-corrected chi connectivity index (χ1v) is 6.73. The van der Waals surface area contributed by atoms with E-state index in [2.05, 4.69) is 17.0 Å². The molecule has 1 aromatic heterocycles. The van der Waals surface area contributed by atoms with Crippen LogP contribution in [-0.2, 0) is 0 Å². The first-order chi connectivity index (χ1) is 9.11. The Morgan fingerprint density at radius 2 is 2.42 bits per heavy atom. The zero-order chi connectivity index (χ0) is 13.8. The summed E-state index contributed by atoms with van der Waals surface area (Å²) in [6.45, 7) is 6.67. The molecular formula is C13H21N3O3. The summed E-state index contributed by atoms with van der Waals surface area (Å²) in [7, 11) is 0. The quantitative estimate of drug-likeness (QED) is 0.864. The summed E-state index contributed by atoms with van der Waals surface area (Å²) in [6.07, 6.45) is 2.02. The Kier molecular flexibility index (Phi) is 4.55. The maximum Gasteiger partial charge on any atom is 0.276 e. The molecule has 19 heavy (non-hydrogen) atoms. The molecule has 0 bridgehead atoms. The van der Waals surface area contributed by atoms with Gasteiger partial charge in [0.1, 0.15) is 6.26 Å². The average Bonchev–Trinajstić information content (AvgIpc) is 2.91. The van der Waals surface area contributed by atoms with Crippen LogP contribution in [0, 0.1) is 0 Å². The van der Waals surface area contributed by atoms with Crippen LogP contribution in [0.1, 0.15) is 30.8 Å². The summed E-state index contributed by atoms with van der Waals surface area (Å²) in [5, 5.41) is 13.2. The van der Waals surface area contributed by atoms with Gasteiger partial charge in [0.05, 0.1) is 6.10 Å². The Bertz CT molecular complexity index is 405. The third-order valence-corrected chi connectivity index (χ3v) is 3.52. The lowest BCUT2D eigenvalue weighted by atomic mass is 10.1. The van der Waals surface area contributed by atoms with E-state index in [4.69, 9.17) is 4.52 Å². The van der Waals surface area contributed by atoms with Gasteiger partial charge in [0.2, 0.25) is 0 Å². The first-order valence-electron chi connectivity index (χ1n) is 6.73. The third-order valence-electron chi connectivity index (χ3n) is 3.52. The van der Waals surface area contributed by atoms with Crippen LogP contribution < -0.4 is 0 Å². The van der Waals surface area contributed by atoms with Gasteiger partial charge in [0.15, 0.2) is 5.69 Å². The van der Waals surface area contributed by atoms with Crippen LogP contribution in [0.2, 0.25) is 0 Å². The van der Waals surface area contributed by atoms with Crippen molar-refractivity contribution in [2.24, 2.45) is 0 Å². The van der Waals surface area contributed by atoms with Crippen molar-refractivity contribution in [1.82, 2.24) is 15.0 Å². The van der Waals surface area contributed by atoms with Crippen molar-refractivity contribution in [2.75, 3.05) is 26.2 Å². The summed E-state index contributed by atoms with van der Waals surface area (Å²) < 4.78 is 4.71. The smallest absolute Gasteiger partial charge is 0.276 e. The number of aliphatic hydroxyl groups is 1. The van der Waals surface area contributed by atoms with Crippen molar-refractivity contribution in [3.63, 3.8) is 0 Å². The van der Waals surface area contributed by atoms with E-state index >= 15 is 0 Å². The van der Waals surface area contributed by atoms with E-state index in [1.54, 1.807) is 13.0 Å². The van der Waals surface area contributed by atoms with Gasteiger partial charge < -0.3 is 14.5 Å². The lowest BCUT2D eigenvalue weighted by molar-refractivity contribution is 0.0304. The molecule has 106 valence electrons. The molecule has 1 aromatic rings. The van der Waals surface area contributed by atoms with E-state index in [9.17, 15) is 9.90 Å². The highest BCUT2D eigenvalue weighted by atomic mass is 16.5. The van der Waals surface area contributed by atoms with E-state index in [1.165, 1.54) is 6.26 Å². The SMILES string of the molecule is CC[C@@H]1CN(C(=O)c2ccon2)CCN1C[C@@H](C)O. The molecule has 0 unspecified atom stereocenters. The van der Waals surface area contributed by atoms with Gasteiger partial charge in [-0.3, -0.25) is 9.69 Å². The van der Waals surface area contributed by atoms with E-state index in [-0.39, 0.29) is 12.0 Å². The van der Waals surface area contributed by atoms with Gasteiger partial charge in [0, 0.05) is 38.3 Å². The van der Waals surface area contributed by atoms with Gasteiger partial charge in [-0.25, -0.2) is 0 Å².